The highest BCUT2D eigenvalue weighted by Gasteiger charge is 2.28. The zero-order valence-electron chi connectivity index (χ0n) is 19.1. The summed E-state index contributed by atoms with van der Waals surface area (Å²) in [7, 11) is 0. The van der Waals surface area contributed by atoms with E-state index in [9.17, 15) is 4.79 Å². The second-order valence-electron chi connectivity index (χ2n) is 8.42. The molecule has 3 heterocycles. The number of ether oxygens (including phenoxy) is 1. The number of rotatable bonds is 6. The van der Waals surface area contributed by atoms with Crippen LogP contribution < -0.4 is 10.1 Å². The zero-order chi connectivity index (χ0) is 22.9. The summed E-state index contributed by atoms with van der Waals surface area (Å²) in [6, 6.07) is 16.0. The van der Waals surface area contributed by atoms with Gasteiger partial charge in [0.25, 0.3) is 5.91 Å². The second-order valence-corrected chi connectivity index (χ2v) is 10.6. The van der Waals surface area contributed by atoms with E-state index in [0.717, 1.165) is 51.0 Å². The predicted octanol–water partition coefficient (Wildman–Crippen LogP) is 6.44. The van der Waals surface area contributed by atoms with Crippen LogP contribution in [-0.4, -0.2) is 35.0 Å². The molecule has 0 radical (unpaired) electrons. The van der Waals surface area contributed by atoms with Crippen molar-refractivity contribution in [3.8, 4) is 16.3 Å². The van der Waals surface area contributed by atoms with Gasteiger partial charge in [0, 0.05) is 35.1 Å². The van der Waals surface area contributed by atoms with E-state index in [0.29, 0.717) is 18.2 Å². The lowest BCUT2D eigenvalue weighted by molar-refractivity contribution is 0.102. The van der Waals surface area contributed by atoms with Crippen molar-refractivity contribution in [1.82, 2.24) is 9.88 Å². The molecular formula is C26H27N3O2S2. The Labute approximate surface area is 202 Å². The first-order chi connectivity index (χ1) is 16.0. The van der Waals surface area contributed by atoms with Crippen LogP contribution in [0, 0.1) is 0 Å². The molecule has 33 heavy (non-hydrogen) atoms. The number of fused-ring (bicyclic) bond motifs is 2. The minimum Gasteiger partial charge on any atom is -0.494 e. The number of carbonyl (C=O) groups is 1. The van der Waals surface area contributed by atoms with Crippen molar-refractivity contribution in [3.05, 3.63) is 64.5 Å². The molecule has 0 aliphatic carbocycles. The molecule has 5 nitrogen and oxygen atoms in total. The molecule has 4 aromatic rings. The van der Waals surface area contributed by atoms with E-state index in [1.165, 1.54) is 10.4 Å². The van der Waals surface area contributed by atoms with Gasteiger partial charge >= 0.3 is 0 Å². The van der Waals surface area contributed by atoms with Gasteiger partial charge in [-0.05, 0) is 69.2 Å². The fourth-order valence-electron chi connectivity index (χ4n) is 4.20. The monoisotopic (exact) mass is 477 g/mol. The van der Waals surface area contributed by atoms with Crippen LogP contribution in [0.1, 0.15) is 41.6 Å². The lowest BCUT2D eigenvalue weighted by atomic mass is 10.0. The lowest BCUT2D eigenvalue weighted by Gasteiger charge is -2.30. The normalized spacial score (nSPS) is 13.9. The van der Waals surface area contributed by atoms with E-state index in [-0.39, 0.29) is 5.91 Å². The minimum absolute atomic E-state index is 0.111. The number of hydrogen-bond donors (Lipinski definition) is 1. The summed E-state index contributed by atoms with van der Waals surface area (Å²) >= 11 is 3.38. The first kappa shape index (κ1) is 22.1. The van der Waals surface area contributed by atoms with Crippen molar-refractivity contribution in [1.29, 1.82) is 0 Å². The molecule has 1 aliphatic heterocycles. The number of aromatic nitrogens is 1. The van der Waals surface area contributed by atoms with Crippen molar-refractivity contribution < 1.29 is 9.53 Å². The van der Waals surface area contributed by atoms with Crippen molar-refractivity contribution >= 4 is 43.8 Å². The van der Waals surface area contributed by atoms with E-state index < -0.39 is 0 Å². The first-order valence-corrected chi connectivity index (χ1v) is 13.0. The summed E-state index contributed by atoms with van der Waals surface area (Å²) in [6.45, 7) is 8.96. The van der Waals surface area contributed by atoms with Gasteiger partial charge in [-0.2, -0.15) is 0 Å². The summed E-state index contributed by atoms with van der Waals surface area (Å²) in [5.41, 5.74) is 4.04. The van der Waals surface area contributed by atoms with E-state index >= 15 is 0 Å². The van der Waals surface area contributed by atoms with Gasteiger partial charge in [0.05, 0.1) is 16.8 Å². The third-order valence-corrected chi connectivity index (χ3v) is 8.17. The summed E-state index contributed by atoms with van der Waals surface area (Å²) in [4.78, 5) is 21.9. The molecule has 0 bridgehead atoms. The van der Waals surface area contributed by atoms with Gasteiger partial charge in [0.2, 0.25) is 0 Å². The first-order valence-electron chi connectivity index (χ1n) is 11.3. The van der Waals surface area contributed by atoms with Crippen LogP contribution >= 0.6 is 22.7 Å². The topological polar surface area (TPSA) is 54.5 Å². The molecule has 1 N–H and O–H groups in total. The SMILES string of the molecule is CCOc1ccc(C(=O)Nc2sc3c(c2-c2nc4ccccc4s2)CCN(C(C)C)C3)cc1. The quantitative estimate of drug-likeness (QED) is 0.347. The summed E-state index contributed by atoms with van der Waals surface area (Å²) in [5.74, 6) is 0.657. The molecule has 0 fully saturated rings. The second kappa shape index (κ2) is 9.25. The number of nitrogens with zero attached hydrogens (tertiary/aromatic N) is 2. The Kier molecular flexibility index (Phi) is 6.19. The lowest BCUT2D eigenvalue weighted by Crippen LogP contribution is -2.35. The number of carbonyl (C=O) groups excluding carboxylic acids is 1. The summed E-state index contributed by atoms with van der Waals surface area (Å²) in [5, 5.41) is 5.08. The fraction of sp³-hybridized carbons (Fsp3) is 0.308. The molecule has 0 unspecified atom stereocenters. The number of hydrogen-bond acceptors (Lipinski definition) is 6. The molecule has 2 aromatic carbocycles. The number of thiazole rings is 1. The van der Waals surface area contributed by atoms with E-state index in [4.69, 9.17) is 9.72 Å². The largest absolute Gasteiger partial charge is 0.494 e. The van der Waals surface area contributed by atoms with Crippen molar-refractivity contribution in [2.24, 2.45) is 0 Å². The summed E-state index contributed by atoms with van der Waals surface area (Å²) in [6.07, 6.45) is 0.966. The van der Waals surface area contributed by atoms with Crippen LogP contribution in [-0.2, 0) is 13.0 Å². The molecule has 5 rings (SSSR count). The third kappa shape index (κ3) is 4.40. The average molecular weight is 478 g/mol. The van der Waals surface area contributed by atoms with E-state index in [2.05, 4.69) is 30.1 Å². The standard InChI is InChI=1S/C26H27N3O2S2/c1-4-31-18-11-9-17(10-12-18)24(30)28-26-23(25-27-20-7-5-6-8-21(20)32-25)19-13-14-29(16(2)3)15-22(19)33-26/h5-12,16H,4,13-15H2,1-3H3,(H,28,30). The van der Waals surface area contributed by atoms with E-state index in [1.54, 1.807) is 22.7 Å². The summed E-state index contributed by atoms with van der Waals surface area (Å²) < 4.78 is 6.67. The Balaban J connectivity index is 1.52. The van der Waals surface area contributed by atoms with Crippen LogP contribution in [0.4, 0.5) is 5.00 Å². The number of thiophene rings is 1. The molecule has 2 aromatic heterocycles. The van der Waals surface area contributed by atoms with E-state index in [1.807, 2.05) is 49.4 Å². The van der Waals surface area contributed by atoms with Crippen molar-refractivity contribution in [2.75, 3.05) is 18.5 Å². The molecule has 1 amide bonds. The highest BCUT2D eigenvalue weighted by Crippen LogP contribution is 2.46. The maximum Gasteiger partial charge on any atom is 0.256 e. The number of benzene rings is 2. The Morgan fingerprint density at radius 1 is 1.15 bits per heavy atom. The van der Waals surface area contributed by atoms with Crippen LogP contribution in [0.3, 0.4) is 0 Å². The molecular weight excluding hydrogens is 450 g/mol. The van der Waals surface area contributed by atoms with Gasteiger partial charge < -0.3 is 10.1 Å². The fourth-order valence-corrected chi connectivity index (χ4v) is 6.58. The third-order valence-electron chi connectivity index (χ3n) is 5.98. The Morgan fingerprint density at radius 2 is 1.94 bits per heavy atom. The van der Waals surface area contributed by atoms with Gasteiger partial charge in [-0.15, -0.1) is 22.7 Å². The maximum atomic E-state index is 13.2. The molecule has 0 saturated heterocycles. The van der Waals surface area contributed by atoms with Crippen LogP contribution in [0.15, 0.2) is 48.5 Å². The maximum absolute atomic E-state index is 13.2. The Hall–Kier alpha value is -2.74. The predicted molar refractivity (Wildman–Crippen MR) is 138 cm³/mol. The Bertz CT molecular complexity index is 1260. The Morgan fingerprint density at radius 3 is 2.67 bits per heavy atom. The van der Waals surface area contributed by atoms with Crippen LogP contribution in [0.5, 0.6) is 5.75 Å². The van der Waals surface area contributed by atoms with Gasteiger partial charge in [0.1, 0.15) is 15.8 Å². The smallest absolute Gasteiger partial charge is 0.256 e. The molecule has 0 spiro atoms. The number of anilines is 1. The molecule has 7 heteroatoms. The van der Waals surface area contributed by atoms with Crippen LogP contribution in [0.25, 0.3) is 20.8 Å². The van der Waals surface area contributed by atoms with Gasteiger partial charge in [-0.3, -0.25) is 9.69 Å². The van der Waals surface area contributed by atoms with Crippen molar-refractivity contribution in [3.63, 3.8) is 0 Å². The highest BCUT2D eigenvalue weighted by molar-refractivity contribution is 7.23. The molecule has 170 valence electrons. The average Bonchev–Trinajstić information content (AvgIpc) is 3.39. The molecule has 0 atom stereocenters. The zero-order valence-corrected chi connectivity index (χ0v) is 20.7. The number of amides is 1. The number of nitrogens with one attached hydrogen (secondary N) is 1. The number of para-hydroxylation sites is 1. The highest BCUT2D eigenvalue weighted by atomic mass is 32.1. The van der Waals surface area contributed by atoms with Gasteiger partial charge in [-0.25, -0.2) is 4.98 Å². The molecule has 1 aliphatic rings. The minimum atomic E-state index is -0.111. The van der Waals surface area contributed by atoms with Gasteiger partial charge in [0.15, 0.2) is 0 Å². The molecule has 0 saturated carbocycles. The van der Waals surface area contributed by atoms with Crippen molar-refractivity contribution in [2.45, 2.75) is 39.8 Å². The van der Waals surface area contributed by atoms with Gasteiger partial charge in [-0.1, -0.05) is 12.1 Å². The van der Waals surface area contributed by atoms with Crippen LogP contribution in [0.2, 0.25) is 0 Å².